The molecule has 0 atom stereocenters. The lowest BCUT2D eigenvalue weighted by molar-refractivity contribution is -0.384. The molecule has 1 fully saturated rings. The number of nitro benzene ring substituents is 1. The summed E-state index contributed by atoms with van der Waals surface area (Å²) < 4.78 is 0. The number of nitrogen functional groups attached to an aromatic ring is 1. The molecule has 0 saturated carbocycles. The van der Waals surface area contributed by atoms with E-state index in [0.29, 0.717) is 11.3 Å². The average Bonchev–Trinajstić information content (AvgIpc) is 2.70. The maximum absolute atomic E-state index is 11.5. The number of carbonyl (C=O) groups is 2. The molecule has 0 unspecified atom stereocenters. The number of hydrogen-bond donors (Lipinski definition) is 2. The van der Waals surface area contributed by atoms with Crippen molar-refractivity contribution >= 4 is 23.2 Å². The van der Waals surface area contributed by atoms with Crippen molar-refractivity contribution in [2.45, 2.75) is 19.4 Å². The molecule has 1 saturated heterocycles. The van der Waals surface area contributed by atoms with Gasteiger partial charge in [0.15, 0.2) is 0 Å². The summed E-state index contributed by atoms with van der Waals surface area (Å²) >= 11 is 0. The van der Waals surface area contributed by atoms with Crippen LogP contribution in [-0.4, -0.2) is 21.6 Å². The zero-order valence-corrected chi connectivity index (χ0v) is 9.96. The van der Waals surface area contributed by atoms with E-state index in [1.165, 1.54) is 18.2 Å². The zero-order valence-electron chi connectivity index (χ0n) is 9.96. The summed E-state index contributed by atoms with van der Waals surface area (Å²) in [6.07, 6.45) is 0.359. The molecule has 0 radical (unpaired) electrons. The van der Waals surface area contributed by atoms with Crippen molar-refractivity contribution in [3.8, 4) is 0 Å². The van der Waals surface area contributed by atoms with E-state index in [-0.39, 0.29) is 36.9 Å². The summed E-state index contributed by atoms with van der Waals surface area (Å²) in [6, 6.07) is 4.04. The second-order valence-electron chi connectivity index (χ2n) is 4.12. The number of rotatable bonds is 4. The van der Waals surface area contributed by atoms with Gasteiger partial charge in [0.05, 0.1) is 17.2 Å². The van der Waals surface area contributed by atoms with E-state index >= 15 is 0 Å². The smallest absolute Gasteiger partial charge is 0.269 e. The van der Waals surface area contributed by atoms with Crippen molar-refractivity contribution in [1.29, 1.82) is 0 Å². The van der Waals surface area contributed by atoms with Gasteiger partial charge in [-0.2, -0.15) is 0 Å². The number of hydrogen-bond acceptors (Lipinski definition) is 6. The fourth-order valence-electron chi connectivity index (χ4n) is 1.93. The number of nitrogens with one attached hydrogen (secondary N) is 1. The maximum Gasteiger partial charge on any atom is 0.269 e. The quantitative estimate of drug-likeness (QED) is 0.354. The van der Waals surface area contributed by atoms with Crippen LogP contribution in [-0.2, 0) is 16.1 Å². The third-order valence-electron chi connectivity index (χ3n) is 2.94. The lowest BCUT2D eigenvalue weighted by Gasteiger charge is -2.16. The van der Waals surface area contributed by atoms with Gasteiger partial charge in [-0.15, -0.1) is 0 Å². The van der Waals surface area contributed by atoms with Gasteiger partial charge in [0.25, 0.3) is 5.69 Å². The number of nitrogens with two attached hydrogens (primary N) is 1. The summed E-state index contributed by atoms with van der Waals surface area (Å²) in [5.41, 5.74) is 3.15. The number of amides is 2. The van der Waals surface area contributed by atoms with Crippen molar-refractivity contribution in [3.05, 3.63) is 33.9 Å². The molecule has 1 aliphatic heterocycles. The van der Waals surface area contributed by atoms with Crippen LogP contribution in [0.2, 0.25) is 0 Å². The molecular formula is C11H12N4O4. The minimum Gasteiger partial charge on any atom is -0.324 e. The number of carbonyl (C=O) groups excluding carboxylic acids is 2. The average molecular weight is 264 g/mol. The Morgan fingerprint density at radius 2 is 1.95 bits per heavy atom. The maximum atomic E-state index is 11.5. The first-order valence-corrected chi connectivity index (χ1v) is 5.60. The molecule has 19 heavy (non-hydrogen) atoms. The standard InChI is InChI=1S/C11H12N4O4/c12-13-9-2-1-8(15(18)19)5-7(9)6-14-10(16)3-4-11(14)17/h1-2,5,13H,3-4,6,12H2. The van der Waals surface area contributed by atoms with Crippen LogP contribution in [0.1, 0.15) is 18.4 Å². The van der Waals surface area contributed by atoms with E-state index in [1.807, 2.05) is 0 Å². The van der Waals surface area contributed by atoms with Crippen LogP contribution in [0.5, 0.6) is 0 Å². The molecule has 0 spiro atoms. The monoisotopic (exact) mass is 264 g/mol. The predicted octanol–water partition coefficient (Wildman–Crippen LogP) is 0.529. The van der Waals surface area contributed by atoms with Crippen molar-refractivity contribution in [2.24, 2.45) is 5.84 Å². The number of benzene rings is 1. The highest BCUT2D eigenvalue weighted by atomic mass is 16.6. The largest absolute Gasteiger partial charge is 0.324 e. The first-order valence-electron chi connectivity index (χ1n) is 5.60. The summed E-state index contributed by atoms with van der Waals surface area (Å²) in [5.74, 6) is 4.76. The number of nitrogens with zero attached hydrogens (tertiary/aromatic N) is 2. The first kappa shape index (κ1) is 13.0. The van der Waals surface area contributed by atoms with Gasteiger partial charge in [-0.05, 0) is 6.07 Å². The molecule has 8 heteroatoms. The Balaban J connectivity index is 2.32. The number of likely N-dealkylation sites (tertiary alicyclic amines) is 1. The molecule has 0 bridgehead atoms. The number of imide groups is 1. The molecule has 2 amide bonds. The number of nitro groups is 1. The van der Waals surface area contributed by atoms with Gasteiger partial charge in [-0.3, -0.25) is 30.4 Å². The highest BCUT2D eigenvalue weighted by molar-refractivity contribution is 6.01. The summed E-state index contributed by atoms with van der Waals surface area (Å²) in [4.78, 5) is 34.3. The SMILES string of the molecule is NNc1ccc([N+](=O)[O-])cc1CN1C(=O)CCC1=O. The zero-order chi connectivity index (χ0) is 14.0. The predicted molar refractivity (Wildman–Crippen MR) is 65.7 cm³/mol. The van der Waals surface area contributed by atoms with Crippen molar-refractivity contribution in [3.63, 3.8) is 0 Å². The summed E-state index contributed by atoms with van der Waals surface area (Å²) in [7, 11) is 0. The Morgan fingerprint density at radius 3 is 2.47 bits per heavy atom. The molecule has 8 nitrogen and oxygen atoms in total. The van der Waals surface area contributed by atoms with Gasteiger partial charge in [0.1, 0.15) is 0 Å². The molecule has 1 heterocycles. The van der Waals surface area contributed by atoms with Crippen molar-refractivity contribution in [1.82, 2.24) is 4.90 Å². The number of non-ortho nitro benzene ring substituents is 1. The first-order chi connectivity index (χ1) is 9.02. The van der Waals surface area contributed by atoms with Crippen LogP contribution in [0, 0.1) is 10.1 Å². The van der Waals surface area contributed by atoms with Gasteiger partial charge in [-0.25, -0.2) is 0 Å². The molecule has 100 valence electrons. The normalized spacial score (nSPS) is 14.9. The van der Waals surface area contributed by atoms with Gasteiger partial charge >= 0.3 is 0 Å². The topological polar surface area (TPSA) is 119 Å². The fourth-order valence-corrected chi connectivity index (χ4v) is 1.93. The van der Waals surface area contributed by atoms with E-state index in [2.05, 4.69) is 5.43 Å². The Labute approximate surface area is 108 Å². The fraction of sp³-hybridized carbons (Fsp3) is 0.273. The Hall–Kier alpha value is -2.48. The minimum absolute atomic E-state index is 0.0150. The van der Waals surface area contributed by atoms with E-state index in [1.54, 1.807) is 0 Å². The summed E-state index contributed by atoms with van der Waals surface area (Å²) in [5, 5.41) is 10.7. The van der Waals surface area contributed by atoms with Crippen LogP contribution < -0.4 is 11.3 Å². The van der Waals surface area contributed by atoms with Crippen molar-refractivity contribution < 1.29 is 14.5 Å². The van der Waals surface area contributed by atoms with Gasteiger partial charge in [0, 0.05) is 30.5 Å². The van der Waals surface area contributed by atoms with Gasteiger partial charge < -0.3 is 5.43 Å². The number of anilines is 1. The van der Waals surface area contributed by atoms with Crippen LogP contribution in [0.15, 0.2) is 18.2 Å². The molecule has 3 N–H and O–H groups in total. The van der Waals surface area contributed by atoms with Gasteiger partial charge in [-0.1, -0.05) is 0 Å². The molecule has 0 aromatic heterocycles. The van der Waals surface area contributed by atoms with Crippen LogP contribution >= 0.6 is 0 Å². The molecule has 0 aliphatic carbocycles. The molecule has 1 aliphatic rings. The Kier molecular flexibility index (Phi) is 3.43. The lowest BCUT2D eigenvalue weighted by atomic mass is 10.1. The molecular weight excluding hydrogens is 252 g/mol. The lowest BCUT2D eigenvalue weighted by Crippen LogP contribution is -2.29. The van der Waals surface area contributed by atoms with E-state index in [0.717, 1.165) is 4.90 Å². The molecule has 1 aromatic rings. The Bertz CT molecular complexity index is 542. The third-order valence-corrected chi connectivity index (χ3v) is 2.94. The van der Waals surface area contributed by atoms with Crippen LogP contribution in [0.25, 0.3) is 0 Å². The van der Waals surface area contributed by atoms with Crippen molar-refractivity contribution in [2.75, 3.05) is 5.43 Å². The van der Waals surface area contributed by atoms with E-state index < -0.39 is 4.92 Å². The van der Waals surface area contributed by atoms with Crippen LogP contribution in [0.3, 0.4) is 0 Å². The molecule has 2 rings (SSSR count). The molecule has 1 aromatic carbocycles. The van der Waals surface area contributed by atoms with E-state index in [9.17, 15) is 19.7 Å². The second kappa shape index (κ2) is 5.02. The second-order valence-corrected chi connectivity index (χ2v) is 4.12. The highest BCUT2D eigenvalue weighted by Crippen LogP contribution is 2.25. The van der Waals surface area contributed by atoms with Crippen LogP contribution in [0.4, 0.5) is 11.4 Å². The highest BCUT2D eigenvalue weighted by Gasteiger charge is 2.29. The van der Waals surface area contributed by atoms with Gasteiger partial charge in [0.2, 0.25) is 11.8 Å². The van der Waals surface area contributed by atoms with E-state index in [4.69, 9.17) is 5.84 Å². The third kappa shape index (κ3) is 2.52. The summed E-state index contributed by atoms with van der Waals surface area (Å²) in [6.45, 7) is -0.0150. The minimum atomic E-state index is -0.544. The number of hydrazine groups is 1. The Morgan fingerprint density at radius 1 is 1.32 bits per heavy atom.